The van der Waals surface area contributed by atoms with Crippen molar-refractivity contribution in [2.45, 2.75) is 19.9 Å². The molecule has 0 aliphatic carbocycles. The van der Waals surface area contributed by atoms with E-state index in [9.17, 15) is 0 Å². The van der Waals surface area contributed by atoms with Gasteiger partial charge >= 0.3 is 0 Å². The van der Waals surface area contributed by atoms with Crippen LogP contribution < -0.4 is 5.32 Å². The van der Waals surface area contributed by atoms with E-state index in [4.69, 9.17) is 0 Å². The molecule has 0 amide bonds. The van der Waals surface area contributed by atoms with Gasteiger partial charge in [-0.25, -0.2) is 0 Å². The zero-order valence-corrected chi connectivity index (χ0v) is 9.90. The Balaban J connectivity index is 2.71. The fourth-order valence-electron chi connectivity index (χ4n) is 1.37. The molecule has 2 nitrogen and oxygen atoms in total. The minimum Gasteiger partial charge on any atom is -0.309 e. The van der Waals surface area contributed by atoms with Crippen LogP contribution in [0, 0.1) is 6.92 Å². The molecule has 1 aromatic heterocycles. The summed E-state index contributed by atoms with van der Waals surface area (Å²) < 4.78 is 0. The molecule has 1 unspecified atom stereocenters. The lowest BCUT2D eigenvalue weighted by molar-refractivity contribution is 0.604. The van der Waals surface area contributed by atoms with Gasteiger partial charge in [0.1, 0.15) is 0 Å². The summed E-state index contributed by atoms with van der Waals surface area (Å²) >= 11 is 1.86. The molecule has 78 valence electrons. The number of pyridine rings is 1. The average Bonchev–Trinajstić information content (AvgIpc) is 2.19. The summed E-state index contributed by atoms with van der Waals surface area (Å²) in [6.07, 6.45) is 4.10. The van der Waals surface area contributed by atoms with Crippen molar-refractivity contribution in [3.05, 3.63) is 29.6 Å². The summed E-state index contributed by atoms with van der Waals surface area (Å²) in [6, 6.07) is 4.66. The quantitative estimate of drug-likeness (QED) is 0.808. The molecule has 0 radical (unpaired) electrons. The number of aromatic nitrogens is 1. The summed E-state index contributed by atoms with van der Waals surface area (Å²) in [5.41, 5.74) is 2.36. The van der Waals surface area contributed by atoms with Crippen molar-refractivity contribution in [2.75, 3.05) is 18.6 Å². The van der Waals surface area contributed by atoms with Gasteiger partial charge in [0.05, 0.1) is 0 Å². The zero-order chi connectivity index (χ0) is 10.4. The van der Waals surface area contributed by atoms with Crippen LogP contribution in [-0.4, -0.2) is 23.5 Å². The highest BCUT2D eigenvalue weighted by atomic mass is 32.2. The summed E-state index contributed by atoms with van der Waals surface area (Å²) in [5.74, 6) is 1.10. The van der Waals surface area contributed by atoms with Gasteiger partial charge in [0, 0.05) is 23.7 Å². The molecule has 0 aliphatic rings. The highest BCUT2D eigenvalue weighted by Gasteiger charge is 2.08. The second-order valence-electron chi connectivity index (χ2n) is 3.30. The number of hydrogen-bond donors (Lipinski definition) is 1. The van der Waals surface area contributed by atoms with E-state index in [0.717, 1.165) is 18.0 Å². The smallest absolute Gasteiger partial charge is 0.0427 e. The molecular formula is C11H18N2S. The van der Waals surface area contributed by atoms with E-state index >= 15 is 0 Å². The molecule has 1 heterocycles. The van der Waals surface area contributed by atoms with Crippen molar-refractivity contribution in [3.8, 4) is 0 Å². The van der Waals surface area contributed by atoms with Crippen LogP contribution in [0.3, 0.4) is 0 Å². The van der Waals surface area contributed by atoms with E-state index in [0.29, 0.717) is 6.04 Å². The lowest BCUT2D eigenvalue weighted by Gasteiger charge is -2.16. The van der Waals surface area contributed by atoms with Crippen LogP contribution in [0.4, 0.5) is 0 Å². The first-order valence-electron chi connectivity index (χ1n) is 4.92. The molecule has 1 atom stereocenters. The van der Waals surface area contributed by atoms with Gasteiger partial charge in [0.25, 0.3) is 0 Å². The molecule has 1 aromatic rings. The van der Waals surface area contributed by atoms with E-state index in [2.05, 4.69) is 35.6 Å². The largest absolute Gasteiger partial charge is 0.309 e. The second-order valence-corrected chi connectivity index (χ2v) is 4.21. The summed E-state index contributed by atoms with van der Waals surface area (Å²) in [6.45, 7) is 5.15. The predicted molar refractivity (Wildman–Crippen MR) is 63.8 cm³/mol. The van der Waals surface area contributed by atoms with Crippen LogP contribution >= 0.6 is 11.8 Å². The van der Waals surface area contributed by atoms with Gasteiger partial charge in [0.2, 0.25) is 0 Å². The molecule has 0 saturated heterocycles. The minimum atomic E-state index is 0.433. The van der Waals surface area contributed by atoms with E-state index in [-0.39, 0.29) is 0 Å². The third kappa shape index (κ3) is 3.31. The molecule has 0 aliphatic heterocycles. The number of aryl methyl sites for hydroxylation is 1. The molecule has 14 heavy (non-hydrogen) atoms. The normalized spacial score (nSPS) is 12.8. The van der Waals surface area contributed by atoms with Crippen LogP contribution in [0.15, 0.2) is 18.3 Å². The number of thioether (sulfide) groups is 1. The number of nitrogens with zero attached hydrogens (tertiary/aromatic N) is 1. The summed E-state index contributed by atoms with van der Waals surface area (Å²) in [4.78, 5) is 4.32. The van der Waals surface area contributed by atoms with Gasteiger partial charge in [-0.15, -0.1) is 0 Å². The van der Waals surface area contributed by atoms with Crippen molar-refractivity contribution in [2.24, 2.45) is 0 Å². The van der Waals surface area contributed by atoms with Crippen LogP contribution in [0.2, 0.25) is 0 Å². The third-order valence-electron chi connectivity index (χ3n) is 2.12. The maximum atomic E-state index is 4.32. The van der Waals surface area contributed by atoms with Crippen LogP contribution in [-0.2, 0) is 0 Å². The lowest BCUT2D eigenvalue weighted by atomic mass is 10.1. The summed E-state index contributed by atoms with van der Waals surface area (Å²) in [7, 11) is 0. The van der Waals surface area contributed by atoms with Crippen molar-refractivity contribution >= 4 is 11.8 Å². The Hall–Kier alpha value is -0.540. The Morgan fingerprint density at radius 1 is 1.50 bits per heavy atom. The molecule has 1 N–H and O–H groups in total. The Labute approximate surface area is 90.5 Å². The molecule has 0 saturated carbocycles. The number of rotatable bonds is 5. The van der Waals surface area contributed by atoms with Gasteiger partial charge in [-0.2, -0.15) is 11.8 Å². The highest BCUT2D eigenvalue weighted by Crippen LogP contribution is 2.16. The van der Waals surface area contributed by atoms with E-state index < -0.39 is 0 Å². The van der Waals surface area contributed by atoms with Gasteiger partial charge in [-0.3, -0.25) is 4.98 Å². The van der Waals surface area contributed by atoms with Crippen molar-refractivity contribution in [3.63, 3.8) is 0 Å². The SMILES string of the molecule is CCNC(CSC)c1ccc(C)nc1. The first kappa shape index (κ1) is 11.5. The van der Waals surface area contributed by atoms with Crippen LogP contribution in [0.25, 0.3) is 0 Å². The first-order valence-corrected chi connectivity index (χ1v) is 6.32. The topological polar surface area (TPSA) is 24.9 Å². The molecule has 3 heteroatoms. The predicted octanol–water partition coefficient (Wildman–Crippen LogP) is 2.40. The number of hydrogen-bond acceptors (Lipinski definition) is 3. The highest BCUT2D eigenvalue weighted by molar-refractivity contribution is 7.98. The standard InChI is InChI=1S/C11H18N2S/c1-4-12-11(8-14-3)10-6-5-9(2)13-7-10/h5-7,11-12H,4,8H2,1-3H3. The third-order valence-corrected chi connectivity index (χ3v) is 2.79. The molecule has 0 aromatic carbocycles. The molecule has 0 bridgehead atoms. The number of nitrogens with one attached hydrogen (secondary N) is 1. The molecule has 1 rings (SSSR count). The fraction of sp³-hybridized carbons (Fsp3) is 0.545. The van der Waals surface area contributed by atoms with Crippen molar-refractivity contribution in [1.29, 1.82) is 0 Å². The van der Waals surface area contributed by atoms with Crippen LogP contribution in [0.1, 0.15) is 24.2 Å². The molecule has 0 spiro atoms. The maximum absolute atomic E-state index is 4.32. The Morgan fingerprint density at radius 2 is 2.29 bits per heavy atom. The minimum absolute atomic E-state index is 0.433. The Bertz CT molecular complexity index is 252. The first-order chi connectivity index (χ1) is 6.77. The van der Waals surface area contributed by atoms with E-state index in [1.165, 1.54) is 5.56 Å². The maximum Gasteiger partial charge on any atom is 0.0427 e. The van der Waals surface area contributed by atoms with E-state index in [1.807, 2.05) is 24.9 Å². The zero-order valence-electron chi connectivity index (χ0n) is 9.08. The van der Waals surface area contributed by atoms with Gasteiger partial charge < -0.3 is 5.32 Å². The molecule has 0 fully saturated rings. The van der Waals surface area contributed by atoms with Crippen molar-refractivity contribution in [1.82, 2.24) is 10.3 Å². The van der Waals surface area contributed by atoms with Gasteiger partial charge in [-0.05, 0) is 31.4 Å². The fourth-order valence-corrected chi connectivity index (χ4v) is 2.02. The van der Waals surface area contributed by atoms with Crippen LogP contribution in [0.5, 0.6) is 0 Å². The van der Waals surface area contributed by atoms with Crippen molar-refractivity contribution < 1.29 is 0 Å². The molecular weight excluding hydrogens is 192 g/mol. The van der Waals surface area contributed by atoms with E-state index in [1.54, 1.807) is 0 Å². The van der Waals surface area contributed by atoms with Gasteiger partial charge in [-0.1, -0.05) is 13.0 Å². The average molecular weight is 210 g/mol. The summed E-state index contributed by atoms with van der Waals surface area (Å²) in [5, 5.41) is 3.46. The van der Waals surface area contributed by atoms with Gasteiger partial charge in [0.15, 0.2) is 0 Å². The Morgan fingerprint density at radius 3 is 2.79 bits per heavy atom. The second kappa shape index (κ2) is 6.04. The monoisotopic (exact) mass is 210 g/mol. The Kier molecular flexibility index (Phi) is 4.98. The lowest BCUT2D eigenvalue weighted by Crippen LogP contribution is -2.23.